The van der Waals surface area contributed by atoms with Gasteiger partial charge in [0.1, 0.15) is 0 Å². The summed E-state index contributed by atoms with van der Waals surface area (Å²) in [6.45, 7) is 4.36. The Balaban J connectivity index is 1.98. The molecule has 0 aromatic rings. The van der Waals surface area contributed by atoms with Gasteiger partial charge in [-0.3, -0.25) is 4.79 Å². The van der Waals surface area contributed by atoms with Gasteiger partial charge in [0, 0.05) is 5.54 Å². The monoisotopic (exact) mass is 238 g/mol. The van der Waals surface area contributed by atoms with Crippen molar-refractivity contribution in [2.45, 2.75) is 76.3 Å². The maximum Gasteiger partial charge on any atom is 0.240 e. The Morgan fingerprint density at radius 1 is 1.35 bits per heavy atom. The minimum atomic E-state index is -0.602. The largest absolute Gasteiger partial charge is 0.349 e. The predicted octanol–water partition coefficient (Wildman–Crippen LogP) is 2.34. The number of nitrogens with one attached hydrogen (secondary N) is 1. The summed E-state index contributed by atoms with van der Waals surface area (Å²) < 4.78 is 0. The van der Waals surface area contributed by atoms with Crippen molar-refractivity contribution in [1.29, 1.82) is 0 Å². The summed E-state index contributed by atoms with van der Waals surface area (Å²) in [4.78, 5) is 12.4. The highest BCUT2D eigenvalue weighted by atomic mass is 16.2. The Kier molecular flexibility index (Phi) is 3.48. The highest BCUT2D eigenvalue weighted by Crippen LogP contribution is 2.37. The van der Waals surface area contributed by atoms with Crippen molar-refractivity contribution in [1.82, 2.24) is 5.32 Å². The fourth-order valence-corrected chi connectivity index (χ4v) is 3.33. The zero-order valence-electron chi connectivity index (χ0n) is 11.2. The third kappa shape index (κ3) is 2.49. The molecule has 2 unspecified atom stereocenters. The molecule has 0 aromatic carbocycles. The van der Waals surface area contributed by atoms with Crippen molar-refractivity contribution < 1.29 is 4.79 Å². The Morgan fingerprint density at radius 2 is 2.06 bits per heavy atom. The number of hydrogen-bond acceptors (Lipinski definition) is 2. The molecule has 3 nitrogen and oxygen atoms in total. The van der Waals surface area contributed by atoms with Crippen LogP contribution in [0.15, 0.2) is 0 Å². The first-order valence-corrected chi connectivity index (χ1v) is 7.11. The molecule has 2 fully saturated rings. The van der Waals surface area contributed by atoms with Gasteiger partial charge in [0.15, 0.2) is 0 Å². The molecule has 2 aliphatic rings. The molecular weight excluding hydrogens is 212 g/mol. The van der Waals surface area contributed by atoms with Crippen LogP contribution in [0.3, 0.4) is 0 Å². The molecule has 98 valence electrons. The minimum absolute atomic E-state index is 0.0736. The van der Waals surface area contributed by atoms with E-state index in [0.717, 1.165) is 38.5 Å². The SMILES string of the molecule is CCC1(NC(=O)C2(N)CCCC(C)C2)CCC1. The predicted molar refractivity (Wildman–Crippen MR) is 69.6 cm³/mol. The smallest absolute Gasteiger partial charge is 0.240 e. The van der Waals surface area contributed by atoms with E-state index in [0.29, 0.717) is 5.92 Å². The quantitative estimate of drug-likeness (QED) is 0.793. The van der Waals surface area contributed by atoms with Crippen LogP contribution in [0.5, 0.6) is 0 Å². The Labute approximate surface area is 105 Å². The Morgan fingerprint density at radius 3 is 2.53 bits per heavy atom. The third-order valence-electron chi connectivity index (χ3n) is 4.85. The van der Waals surface area contributed by atoms with E-state index in [-0.39, 0.29) is 11.4 Å². The lowest BCUT2D eigenvalue weighted by Gasteiger charge is -2.45. The first kappa shape index (κ1) is 12.9. The molecule has 2 atom stereocenters. The molecule has 3 heteroatoms. The zero-order valence-corrected chi connectivity index (χ0v) is 11.2. The van der Waals surface area contributed by atoms with Gasteiger partial charge in [-0.15, -0.1) is 0 Å². The standard InChI is InChI=1S/C14H26N2O/c1-3-13(7-5-8-13)16-12(17)14(15)9-4-6-11(2)10-14/h11H,3-10,15H2,1-2H3,(H,16,17). The molecule has 2 saturated carbocycles. The van der Waals surface area contributed by atoms with Gasteiger partial charge >= 0.3 is 0 Å². The average molecular weight is 238 g/mol. The van der Waals surface area contributed by atoms with Gasteiger partial charge in [0.05, 0.1) is 5.54 Å². The van der Waals surface area contributed by atoms with Crippen LogP contribution in [0.25, 0.3) is 0 Å². The molecule has 1 amide bonds. The molecular formula is C14H26N2O. The molecule has 3 N–H and O–H groups in total. The summed E-state index contributed by atoms with van der Waals surface area (Å²) >= 11 is 0. The topological polar surface area (TPSA) is 55.1 Å². The third-order valence-corrected chi connectivity index (χ3v) is 4.85. The van der Waals surface area contributed by atoms with Crippen molar-refractivity contribution in [3.05, 3.63) is 0 Å². The number of rotatable bonds is 3. The van der Waals surface area contributed by atoms with Crippen LogP contribution in [0.4, 0.5) is 0 Å². The van der Waals surface area contributed by atoms with Crippen LogP contribution >= 0.6 is 0 Å². The molecule has 0 radical (unpaired) electrons. The van der Waals surface area contributed by atoms with Gasteiger partial charge < -0.3 is 11.1 Å². The Bertz CT molecular complexity index is 293. The second-order valence-corrected chi connectivity index (χ2v) is 6.30. The van der Waals surface area contributed by atoms with Crippen LogP contribution in [0, 0.1) is 5.92 Å². The highest BCUT2D eigenvalue weighted by molar-refractivity contribution is 5.87. The molecule has 0 saturated heterocycles. The van der Waals surface area contributed by atoms with E-state index in [9.17, 15) is 4.79 Å². The molecule has 17 heavy (non-hydrogen) atoms. The number of nitrogens with two attached hydrogens (primary N) is 1. The van der Waals surface area contributed by atoms with E-state index in [1.807, 2.05) is 0 Å². The normalized spacial score (nSPS) is 36.1. The number of carbonyl (C=O) groups excluding carboxylic acids is 1. The van der Waals surface area contributed by atoms with E-state index >= 15 is 0 Å². The van der Waals surface area contributed by atoms with Crippen LogP contribution in [0.2, 0.25) is 0 Å². The first-order chi connectivity index (χ1) is 8.00. The van der Waals surface area contributed by atoms with E-state index in [1.54, 1.807) is 0 Å². The second-order valence-electron chi connectivity index (χ2n) is 6.30. The van der Waals surface area contributed by atoms with Crippen LogP contribution in [-0.4, -0.2) is 17.0 Å². The molecule has 0 spiro atoms. The van der Waals surface area contributed by atoms with Crippen LogP contribution in [0.1, 0.15) is 65.2 Å². The first-order valence-electron chi connectivity index (χ1n) is 7.11. The summed E-state index contributed by atoms with van der Waals surface area (Å²) in [5, 5.41) is 3.25. The zero-order chi connectivity index (χ0) is 12.5. The maximum absolute atomic E-state index is 12.4. The molecule has 0 aliphatic heterocycles. The highest BCUT2D eigenvalue weighted by Gasteiger charge is 2.43. The fourth-order valence-electron chi connectivity index (χ4n) is 3.33. The van der Waals surface area contributed by atoms with Gasteiger partial charge in [-0.2, -0.15) is 0 Å². The van der Waals surface area contributed by atoms with Crippen LogP contribution in [-0.2, 0) is 4.79 Å². The summed E-state index contributed by atoms with van der Waals surface area (Å²) in [6.07, 6.45) is 8.52. The fraction of sp³-hybridized carbons (Fsp3) is 0.929. The maximum atomic E-state index is 12.4. The van der Waals surface area contributed by atoms with E-state index in [4.69, 9.17) is 5.73 Å². The number of hydrogen-bond donors (Lipinski definition) is 2. The van der Waals surface area contributed by atoms with Gasteiger partial charge in [-0.25, -0.2) is 0 Å². The van der Waals surface area contributed by atoms with Crippen LogP contribution < -0.4 is 11.1 Å². The van der Waals surface area contributed by atoms with Gasteiger partial charge in [-0.1, -0.05) is 26.7 Å². The van der Waals surface area contributed by atoms with Gasteiger partial charge in [0.25, 0.3) is 0 Å². The van der Waals surface area contributed by atoms with Crippen molar-refractivity contribution in [3.63, 3.8) is 0 Å². The average Bonchev–Trinajstić information content (AvgIpc) is 2.22. The van der Waals surface area contributed by atoms with Crippen molar-refractivity contribution in [3.8, 4) is 0 Å². The van der Waals surface area contributed by atoms with Crippen molar-refractivity contribution in [2.24, 2.45) is 11.7 Å². The number of amides is 1. The van der Waals surface area contributed by atoms with E-state index in [2.05, 4.69) is 19.2 Å². The summed E-state index contributed by atoms with van der Waals surface area (Å²) in [5.74, 6) is 0.684. The molecule has 2 rings (SSSR count). The summed E-state index contributed by atoms with van der Waals surface area (Å²) in [5.41, 5.74) is 5.79. The molecule has 0 bridgehead atoms. The Hall–Kier alpha value is -0.570. The summed E-state index contributed by atoms with van der Waals surface area (Å²) in [6, 6.07) is 0. The van der Waals surface area contributed by atoms with Crippen molar-refractivity contribution in [2.75, 3.05) is 0 Å². The lowest BCUT2D eigenvalue weighted by atomic mass is 9.72. The van der Waals surface area contributed by atoms with E-state index < -0.39 is 5.54 Å². The molecule has 0 heterocycles. The summed E-state index contributed by atoms with van der Waals surface area (Å²) in [7, 11) is 0. The minimum Gasteiger partial charge on any atom is -0.349 e. The lowest BCUT2D eigenvalue weighted by Crippen LogP contribution is -2.63. The number of carbonyl (C=O) groups is 1. The second kappa shape index (κ2) is 4.60. The van der Waals surface area contributed by atoms with E-state index in [1.165, 1.54) is 12.8 Å². The van der Waals surface area contributed by atoms with Crippen molar-refractivity contribution >= 4 is 5.91 Å². The molecule has 0 aromatic heterocycles. The lowest BCUT2D eigenvalue weighted by molar-refractivity contribution is -0.131. The van der Waals surface area contributed by atoms with Gasteiger partial charge in [0.2, 0.25) is 5.91 Å². The molecule has 2 aliphatic carbocycles. The van der Waals surface area contributed by atoms with Gasteiger partial charge in [-0.05, 0) is 44.4 Å².